The molecule has 4 nitrogen and oxygen atoms in total. The highest BCUT2D eigenvalue weighted by Crippen LogP contribution is 2.56. The molecule has 0 bridgehead atoms. The van der Waals surface area contributed by atoms with Crippen LogP contribution in [0.5, 0.6) is 0 Å². The Morgan fingerprint density at radius 1 is 0.647 bits per heavy atom. The van der Waals surface area contributed by atoms with Crippen LogP contribution in [0.2, 0.25) is 0 Å². The van der Waals surface area contributed by atoms with E-state index in [1.165, 1.54) is 4.74 Å². The number of halogens is 17. The van der Waals surface area contributed by atoms with Crippen LogP contribution in [-0.2, 0) is 19.0 Å². The van der Waals surface area contributed by atoms with Gasteiger partial charge >= 0.3 is 54.3 Å². The fourth-order valence-electron chi connectivity index (χ4n) is 1.49. The number of hydrogen-bond acceptors (Lipinski definition) is 4. The number of esters is 1. The Labute approximate surface area is 175 Å². The van der Waals surface area contributed by atoms with Crippen molar-refractivity contribution in [2.45, 2.75) is 74.8 Å². The Kier molecular flexibility index (Phi) is 8.53. The normalized spacial score (nSPS) is 19.3. The monoisotopic (exact) mass is 552 g/mol. The maximum Gasteiger partial charge on any atom is 0.462 e. The quantitative estimate of drug-likeness (QED) is 0.253. The van der Waals surface area contributed by atoms with Crippen molar-refractivity contribution in [3.63, 3.8) is 0 Å². The zero-order valence-corrected chi connectivity index (χ0v) is 15.8. The van der Waals surface area contributed by atoms with Crippen molar-refractivity contribution in [1.29, 1.82) is 0 Å². The molecule has 0 aliphatic heterocycles. The highest BCUT2D eigenvalue weighted by atomic mass is 19.4. The summed E-state index contributed by atoms with van der Waals surface area (Å²) in [5.74, 6) is -26.4. The lowest BCUT2D eigenvalue weighted by molar-refractivity contribution is -0.548. The number of ether oxygens (including phenoxy) is 3. The maximum absolute atomic E-state index is 14.1. The summed E-state index contributed by atoms with van der Waals surface area (Å²) in [6, 6.07) is 0. The smallest absolute Gasteiger partial charge is 0.458 e. The molecule has 0 amide bonds. The van der Waals surface area contributed by atoms with Crippen molar-refractivity contribution in [1.82, 2.24) is 0 Å². The van der Waals surface area contributed by atoms with Gasteiger partial charge in [-0.3, -0.25) is 9.47 Å². The summed E-state index contributed by atoms with van der Waals surface area (Å²) in [4.78, 5) is 11.3. The van der Waals surface area contributed by atoms with E-state index in [4.69, 9.17) is 0 Å². The van der Waals surface area contributed by atoms with Crippen molar-refractivity contribution in [3.8, 4) is 0 Å². The van der Waals surface area contributed by atoms with Gasteiger partial charge in [-0.05, 0) is 13.3 Å². The number of carbonyl (C=O) groups excluding carboxylic acids is 1. The van der Waals surface area contributed by atoms with E-state index < -0.39 is 66.9 Å². The average Bonchev–Trinajstić information content (AvgIpc) is 2.57. The van der Waals surface area contributed by atoms with Crippen molar-refractivity contribution >= 4 is 5.97 Å². The van der Waals surface area contributed by atoms with E-state index >= 15 is 0 Å². The molecule has 0 radical (unpaired) electrons. The molecule has 21 heteroatoms. The number of alkyl halides is 17. The molecule has 0 aromatic heterocycles. The summed E-state index contributed by atoms with van der Waals surface area (Å²) in [5, 5.41) is 0. The van der Waals surface area contributed by atoms with E-state index in [9.17, 15) is 79.4 Å². The first-order valence-corrected chi connectivity index (χ1v) is 7.87. The fraction of sp³-hybridized carbons (Fsp3) is 0.923. The lowest BCUT2D eigenvalue weighted by Crippen LogP contribution is -2.68. The molecule has 34 heavy (non-hydrogen) atoms. The van der Waals surface area contributed by atoms with Gasteiger partial charge in [0.05, 0.1) is 6.10 Å². The first-order valence-electron chi connectivity index (χ1n) is 7.87. The van der Waals surface area contributed by atoms with Crippen molar-refractivity contribution < 1.29 is 93.6 Å². The minimum atomic E-state index is -8.04. The second kappa shape index (κ2) is 9.01. The van der Waals surface area contributed by atoms with Gasteiger partial charge in [0.25, 0.3) is 0 Å². The average molecular weight is 552 g/mol. The van der Waals surface area contributed by atoms with Crippen LogP contribution < -0.4 is 0 Å². The topological polar surface area (TPSA) is 44.8 Å². The van der Waals surface area contributed by atoms with Gasteiger partial charge in [0.1, 0.15) is 0 Å². The van der Waals surface area contributed by atoms with E-state index in [1.54, 1.807) is 0 Å². The SMILES string of the molecule is CC[C@H](C)OC(=O)[C@](F)(OC(F)(F)[C@](F)(OC(F)(F)C(F)(F)C(F)(F)F)C(F)(F)F)C(F)(F)F. The molecule has 0 unspecified atom stereocenters. The van der Waals surface area contributed by atoms with E-state index in [0.29, 0.717) is 6.92 Å². The molecule has 0 heterocycles. The van der Waals surface area contributed by atoms with Gasteiger partial charge in [0.15, 0.2) is 0 Å². The minimum absolute atomic E-state index is 0.506. The molecule has 0 fully saturated rings. The molecule has 0 saturated carbocycles. The number of rotatable bonds is 9. The molecular formula is C13H9F17O4. The van der Waals surface area contributed by atoms with Gasteiger partial charge in [-0.1, -0.05) is 6.92 Å². The first kappa shape index (κ1) is 32.2. The standard InChI is InChI=1S/C13H9F17O4/c1-3-4(2)32-5(31)6(14,9(18,19)20)33-13(29,30)8(17,11(24,25)26)34-12(27,28)7(15,16)10(21,22)23/h4H,3H2,1-2H3/t4-,6-,8+/m0/s1. The van der Waals surface area contributed by atoms with Crippen LogP contribution >= 0.6 is 0 Å². The Morgan fingerprint density at radius 3 is 1.35 bits per heavy atom. The van der Waals surface area contributed by atoms with Crippen LogP contribution in [0, 0.1) is 0 Å². The molecule has 0 spiro atoms. The summed E-state index contributed by atoms with van der Waals surface area (Å²) in [6.45, 7) is 1.67. The number of carbonyl (C=O) groups is 1. The van der Waals surface area contributed by atoms with E-state index in [-0.39, 0.29) is 0 Å². The third-order valence-electron chi connectivity index (χ3n) is 3.51. The van der Waals surface area contributed by atoms with E-state index in [1.807, 2.05) is 4.74 Å². The summed E-state index contributed by atoms with van der Waals surface area (Å²) < 4.78 is 226. The van der Waals surface area contributed by atoms with Crippen molar-refractivity contribution in [2.75, 3.05) is 0 Å². The highest BCUT2D eigenvalue weighted by Gasteiger charge is 2.85. The lowest BCUT2D eigenvalue weighted by atomic mass is 10.2. The fourth-order valence-corrected chi connectivity index (χ4v) is 1.49. The second-order valence-electron chi connectivity index (χ2n) is 6.12. The van der Waals surface area contributed by atoms with Gasteiger partial charge in [-0.25, -0.2) is 4.79 Å². The van der Waals surface area contributed by atoms with Crippen LogP contribution in [0.3, 0.4) is 0 Å². The van der Waals surface area contributed by atoms with Crippen LogP contribution in [0.25, 0.3) is 0 Å². The van der Waals surface area contributed by atoms with Gasteiger partial charge in [-0.15, -0.1) is 0 Å². The summed E-state index contributed by atoms with van der Waals surface area (Å²) >= 11 is 0. The van der Waals surface area contributed by atoms with Crippen molar-refractivity contribution in [3.05, 3.63) is 0 Å². The lowest BCUT2D eigenvalue weighted by Gasteiger charge is -2.40. The highest BCUT2D eigenvalue weighted by molar-refractivity contribution is 5.79. The van der Waals surface area contributed by atoms with Crippen LogP contribution in [-0.4, -0.2) is 60.5 Å². The van der Waals surface area contributed by atoms with Gasteiger partial charge in [-0.2, -0.15) is 74.6 Å². The predicted octanol–water partition coefficient (Wildman–Crippen LogP) is 6.20. The molecule has 0 saturated heterocycles. The first-order chi connectivity index (χ1) is 14.5. The summed E-state index contributed by atoms with van der Waals surface area (Å²) in [5.41, 5.74) is 0. The molecular weight excluding hydrogens is 543 g/mol. The summed E-state index contributed by atoms with van der Waals surface area (Å²) in [6.07, 6.45) is -40.8. The predicted molar refractivity (Wildman–Crippen MR) is 68.7 cm³/mol. The molecule has 0 aromatic rings. The Hall–Kier alpha value is -1.80. The molecule has 204 valence electrons. The zero-order chi connectivity index (χ0) is 28.0. The summed E-state index contributed by atoms with van der Waals surface area (Å²) in [7, 11) is 0. The third kappa shape index (κ3) is 5.70. The largest absolute Gasteiger partial charge is 0.462 e. The molecule has 0 aromatic carbocycles. The van der Waals surface area contributed by atoms with Crippen molar-refractivity contribution in [2.24, 2.45) is 0 Å². The minimum Gasteiger partial charge on any atom is -0.458 e. The Bertz CT molecular complexity index is 726. The molecule has 0 rings (SSSR count). The van der Waals surface area contributed by atoms with Gasteiger partial charge < -0.3 is 4.74 Å². The molecule has 0 aliphatic rings. The number of hydrogen-bond donors (Lipinski definition) is 0. The second-order valence-corrected chi connectivity index (χ2v) is 6.12. The molecule has 0 N–H and O–H groups in total. The molecule has 3 atom stereocenters. The Morgan fingerprint density at radius 2 is 1.06 bits per heavy atom. The van der Waals surface area contributed by atoms with Gasteiger partial charge in [0.2, 0.25) is 0 Å². The zero-order valence-electron chi connectivity index (χ0n) is 15.8. The maximum atomic E-state index is 14.1. The third-order valence-corrected chi connectivity index (χ3v) is 3.51. The Balaban J connectivity index is 6.73. The van der Waals surface area contributed by atoms with E-state index in [0.717, 1.165) is 6.92 Å². The van der Waals surface area contributed by atoms with Crippen LogP contribution in [0.4, 0.5) is 74.6 Å². The van der Waals surface area contributed by atoms with E-state index in [2.05, 4.69) is 4.74 Å². The molecule has 0 aliphatic carbocycles. The van der Waals surface area contributed by atoms with Crippen LogP contribution in [0.15, 0.2) is 0 Å². The van der Waals surface area contributed by atoms with Gasteiger partial charge in [0, 0.05) is 0 Å². The van der Waals surface area contributed by atoms with Crippen LogP contribution in [0.1, 0.15) is 20.3 Å².